The number of H-pyrrole nitrogens is 2. The van der Waals surface area contributed by atoms with Crippen molar-refractivity contribution < 1.29 is 4.79 Å². The van der Waals surface area contributed by atoms with E-state index >= 15 is 0 Å². The minimum absolute atomic E-state index is 0.0863. The van der Waals surface area contributed by atoms with Crippen LogP contribution in [0.25, 0.3) is 54.9 Å². The van der Waals surface area contributed by atoms with Gasteiger partial charge in [0, 0.05) is 45.0 Å². The summed E-state index contributed by atoms with van der Waals surface area (Å²) in [5.41, 5.74) is 7.41. The van der Waals surface area contributed by atoms with Crippen LogP contribution in [0, 0.1) is 12.8 Å². The summed E-state index contributed by atoms with van der Waals surface area (Å²) in [6, 6.07) is 16.6. The van der Waals surface area contributed by atoms with Crippen LogP contribution in [0.4, 0.5) is 5.69 Å². The lowest BCUT2D eigenvalue weighted by atomic mass is 9.85. The molecule has 0 saturated heterocycles. The van der Waals surface area contributed by atoms with Gasteiger partial charge >= 0.3 is 0 Å². The van der Waals surface area contributed by atoms with Gasteiger partial charge in [-0.05, 0) is 67.8 Å². The molecule has 37 heavy (non-hydrogen) atoms. The average Bonchev–Trinajstić information content (AvgIpc) is 3.60. The molecule has 1 saturated carbocycles. The smallest absolute Gasteiger partial charge is 0.227 e. The van der Waals surface area contributed by atoms with Crippen molar-refractivity contribution in [1.29, 1.82) is 0 Å². The Balaban J connectivity index is 1.26. The Hall–Kier alpha value is -4.30. The van der Waals surface area contributed by atoms with Crippen LogP contribution < -0.4 is 5.32 Å². The summed E-state index contributed by atoms with van der Waals surface area (Å²) in [5, 5.41) is 12.9. The summed E-state index contributed by atoms with van der Waals surface area (Å²) in [4.78, 5) is 27.4. The van der Waals surface area contributed by atoms with Crippen LogP contribution in [0.15, 0.2) is 67.1 Å². The molecule has 5 aromatic heterocycles. The van der Waals surface area contributed by atoms with Gasteiger partial charge in [0.15, 0.2) is 0 Å². The third kappa shape index (κ3) is 3.90. The SMILES string of the molecule is Cc1ccc(-c2nccc3[nH]c(-c4n[nH]c5ccc(-c6cncc(NC(=O)C7CCC7)c6)cc45)cc23)s1. The highest BCUT2D eigenvalue weighted by molar-refractivity contribution is 7.15. The van der Waals surface area contributed by atoms with Gasteiger partial charge < -0.3 is 10.3 Å². The highest BCUT2D eigenvalue weighted by Gasteiger charge is 2.25. The number of amides is 1. The molecule has 1 aliphatic carbocycles. The third-order valence-electron chi connectivity index (χ3n) is 7.15. The Morgan fingerprint density at radius 3 is 2.68 bits per heavy atom. The highest BCUT2D eigenvalue weighted by Crippen LogP contribution is 2.36. The van der Waals surface area contributed by atoms with Crippen LogP contribution >= 0.6 is 11.3 Å². The number of hydrogen-bond acceptors (Lipinski definition) is 5. The fraction of sp³-hybridized carbons (Fsp3) is 0.172. The minimum Gasteiger partial charge on any atom is -0.353 e. The molecule has 8 heteroatoms. The summed E-state index contributed by atoms with van der Waals surface area (Å²) in [7, 11) is 0. The van der Waals surface area contributed by atoms with Crippen molar-refractivity contribution in [2.24, 2.45) is 5.92 Å². The summed E-state index contributed by atoms with van der Waals surface area (Å²) in [6.07, 6.45) is 8.44. The normalized spacial score (nSPS) is 13.8. The Morgan fingerprint density at radius 1 is 0.973 bits per heavy atom. The quantitative estimate of drug-likeness (QED) is 0.237. The molecule has 0 spiro atoms. The monoisotopic (exact) mass is 504 g/mol. The molecule has 1 amide bonds. The topological polar surface area (TPSA) is 99.3 Å². The van der Waals surface area contributed by atoms with Gasteiger partial charge in [-0.25, -0.2) is 0 Å². The van der Waals surface area contributed by atoms with Crippen molar-refractivity contribution in [1.82, 2.24) is 25.1 Å². The molecule has 0 aliphatic heterocycles. The molecule has 7 rings (SSSR count). The lowest BCUT2D eigenvalue weighted by Gasteiger charge is -2.24. The average molecular weight is 505 g/mol. The maximum atomic E-state index is 12.4. The first-order valence-electron chi connectivity index (χ1n) is 12.4. The van der Waals surface area contributed by atoms with Crippen molar-refractivity contribution in [2.45, 2.75) is 26.2 Å². The van der Waals surface area contributed by atoms with E-state index in [4.69, 9.17) is 0 Å². The maximum Gasteiger partial charge on any atom is 0.227 e. The number of carbonyl (C=O) groups excluding carboxylic acids is 1. The third-order valence-corrected chi connectivity index (χ3v) is 8.16. The number of nitrogens with zero attached hydrogens (tertiary/aromatic N) is 3. The molecule has 1 fully saturated rings. The molecule has 5 heterocycles. The summed E-state index contributed by atoms with van der Waals surface area (Å²) < 4.78 is 0. The van der Waals surface area contributed by atoms with E-state index in [1.807, 2.05) is 36.7 Å². The van der Waals surface area contributed by atoms with Crippen LogP contribution in [0.2, 0.25) is 0 Å². The summed E-state index contributed by atoms with van der Waals surface area (Å²) in [5.74, 6) is 0.215. The minimum atomic E-state index is 0.0863. The van der Waals surface area contributed by atoms with Crippen molar-refractivity contribution in [2.75, 3.05) is 5.32 Å². The van der Waals surface area contributed by atoms with Gasteiger partial charge in [0.25, 0.3) is 0 Å². The fourth-order valence-corrected chi connectivity index (χ4v) is 5.80. The van der Waals surface area contributed by atoms with Gasteiger partial charge in [-0.3, -0.25) is 19.9 Å². The van der Waals surface area contributed by atoms with Crippen LogP contribution in [0.5, 0.6) is 0 Å². The Labute approximate surface area is 217 Å². The number of aryl methyl sites for hydroxylation is 1. The number of nitrogens with one attached hydrogen (secondary N) is 3. The number of aromatic nitrogens is 5. The second kappa shape index (κ2) is 8.67. The first kappa shape index (κ1) is 21.9. The summed E-state index contributed by atoms with van der Waals surface area (Å²) >= 11 is 1.74. The molecule has 0 bridgehead atoms. The predicted octanol–water partition coefficient (Wildman–Crippen LogP) is 6.94. The van der Waals surface area contributed by atoms with Gasteiger partial charge in [0.1, 0.15) is 5.69 Å². The van der Waals surface area contributed by atoms with E-state index in [-0.39, 0.29) is 11.8 Å². The number of anilines is 1. The van der Waals surface area contributed by atoms with Crippen molar-refractivity contribution in [3.05, 3.63) is 72.0 Å². The molecule has 1 aliphatic rings. The van der Waals surface area contributed by atoms with E-state index in [0.29, 0.717) is 0 Å². The lowest BCUT2D eigenvalue weighted by Crippen LogP contribution is -2.28. The second-order valence-electron chi connectivity index (χ2n) is 9.63. The number of benzene rings is 1. The second-order valence-corrected chi connectivity index (χ2v) is 10.9. The molecule has 0 radical (unpaired) electrons. The van der Waals surface area contributed by atoms with Crippen LogP contribution in [0.3, 0.4) is 0 Å². The van der Waals surface area contributed by atoms with Gasteiger partial charge in [-0.1, -0.05) is 12.5 Å². The summed E-state index contributed by atoms with van der Waals surface area (Å²) in [6.45, 7) is 2.11. The zero-order chi connectivity index (χ0) is 24.9. The lowest BCUT2D eigenvalue weighted by molar-refractivity contribution is -0.122. The first-order valence-corrected chi connectivity index (χ1v) is 13.2. The fourth-order valence-electron chi connectivity index (χ4n) is 4.92. The van der Waals surface area contributed by atoms with Crippen molar-refractivity contribution >= 4 is 44.7 Å². The highest BCUT2D eigenvalue weighted by atomic mass is 32.1. The molecule has 3 N–H and O–H groups in total. The molecule has 1 aromatic carbocycles. The molecular formula is C29H24N6OS. The molecule has 182 valence electrons. The van der Waals surface area contributed by atoms with Crippen molar-refractivity contribution in [3.63, 3.8) is 0 Å². The van der Waals surface area contributed by atoms with Gasteiger partial charge in [-0.2, -0.15) is 5.10 Å². The van der Waals surface area contributed by atoms with Gasteiger partial charge in [0.2, 0.25) is 5.91 Å². The number of aromatic amines is 2. The van der Waals surface area contributed by atoms with E-state index in [1.165, 1.54) is 4.88 Å². The van der Waals surface area contributed by atoms with E-state index in [0.717, 1.165) is 79.8 Å². The Morgan fingerprint density at radius 2 is 1.86 bits per heavy atom. The maximum absolute atomic E-state index is 12.4. The molecular weight excluding hydrogens is 480 g/mol. The van der Waals surface area contributed by atoms with Gasteiger partial charge in [-0.15, -0.1) is 11.3 Å². The standard InChI is InChI=1S/C29H24N6OS/c1-16-5-8-26(37-16)28-22-13-25(33-23(22)9-10-31-28)27-21-12-18(6-7-24(21)34-35-27)19-11-20(15-30-14-19)32-29(36)17-3-2-4-17/h5-15,17,33H,2-4H2,1H3,(H,32,36)(H,34,35). The predicted molar refractivity (Wildman–Crippen MR) is 148 cm³/mol. The molecule has 0 unspecified atom stereocenters. The number of carbonyl (C=O) groups is 1. The van der Waals surface area contributed by atoms with Crippen LogP contribution in [-0.4, -0.2) is 31.1 Å². The Bertz CT molecular complexity index is 1790. The van der Waals surface area contributed by atoms with E-state index < -0.39 is 0 Å². The van der Waals surface area contributed by atoms with Crippen molar-refractivity contribution in [3.8, 4) is 33.1 Å². The van der Waals surface area contributed by atoms with Gasteiger partial charge in [0.05, 0.1) is 33.7 Å². The molecule has 7 nitrogen and oxygen atoms in total. The number of pyridine rings is 2. The largest absolute Gasteiger partial charge is 0.353 e. The van der Waals surface area contributed by atoms with E-state index in [2.05, 4.69) is 61.7 Å². The van der Waals surface area contributed by atoms with E-state index in [9.17, 15) is 4.79 Å². The first-order chi connectivity index (χ1) is 18.1. The van der Waals surface area contributed by atoms with Crippen LogP contribution in [-0.2, 0) is 4.79 Å². The number of fused-ring (bicyclic) bond motifs is 2. The number of hydrogen-bond donors (Lipinski definition) is 3. The number of thiophene rings is 1. The zero-order valence-electron chi connectivity index (χ0n) is 20.2. The zero-order valence-corrected chi connectivity index (χ0v) is 21.0. The Kier molecular flexibility index (Phi) is 5.14. The molecule has 6 aromatic rings. The number of rotatable bonds is 5. The van der Waals surface area contributed by atoms with Crippen LogP contribution in [0.1, 0.15) is 24.1 Å². The molecule has 0 atom stereocenters. The van der Waals surface area contributed by atoms with E-state index in [1.54, 1.807) is 17.5 Å².